The van der Waals surface area contributed by atoms with Gasteiger partial charge in [-0.25, -0.2) is 0 Å². The van der Waals surface area contributed by atoms with Gasteiger partial charge in [-0.3, -0.25) is 8.84 Å². The van der Waals surface area contributed by atoms with E-state index in [1.54, 1.807) is 12.1 Å². The second-order valence-corrected chi connectivity index (χ2v) is 1.92. The molecule has 0 aliphatic carbocycles. The zero-order valence-corrected chi connectivity index (χ0v) is 5.25. The quantitative estimate of drug-likeness (QED) is 0.601. The first kappa shape index (κ1) is 6.31. The van der Waals surface area contributed by atoms with Gasteiger partial charge < -0.3 is 0 Å². The molecular formula is C4H5NO3S. The van der Waals surface area contributed by atoms with Crippen LogP contribution in [0.5, 0.6) is 0 Å². The summed E-state index contributed by atoms with van der Waals surface area (Å²) in [7, 11) is 0. The second kappa shape index (κ2) is 2.65. The molecule has 1 aromatic rings. The van der Waals surface area contributed by atoms with Crippen LogP contribution in [0.2, 0.25) is 0 Å². The van der Waals surface area contributed by atoms with E-state index in [-0.39, 0.29) is 0 Å². The Bertz CT molecular complexity index is 196. The normalized spacial score (nSPS) is 13.0. The van der Waals surface area contributed by atoms with E-state index in [1.807, 2.05) is 0 Å². The highest BCUT2D eigenvalue weighted by Crippen LogP contribution is 1.85. The lowest BCUT2D eigenvalue weighted by molar-refractivity contribution is 0.272. The molecular weight excluding hydrogens is 142 g/mol. The van der Waals surface area contributed by atoms with Crippen LogP contribution in [0, 0.1) is 0 Å². The topological polar surface area (TPSA) is 51.5 Å². The van der Waals surface area contributed by atoms with E-state index in [2.05, 4.69) is 4.28 Å². The first-order valence-corrected chi connectivity index (χ1v) is 3.25. The van der Waals surface area contributed by atoms with E-state index in [9.17, 15) is 4.21 Å². The molecule has 0 aromatic carbocycles. The van der Waals surface area contributed by atoms with Crippen molar-refractivity contribution in [2.45, 2.75) is 0 Å². The minimum absolute atomic E-state index is 1.15. The lowest BCUT2D eigenvalue weighted by Crippen LogP contribution is -2.10. The van der Waals surface area contributed by atoms with Gasteiger partial charge in [-0.2, -0.15) is 8.94 Å². The van der Waals surface area contributed by atoms with E-state index in [1.165, 1.54) is 12.4 Å². The van der Waals surface area contributed by atoms with Gasteiger partial charge in [0.25, 0.3) is 0 Å². The maximum atomic E-state index is 9.93. The third-order valence-electron chi connectivity index (χ3n) is 0.727. The molecule has 0 spiro atoms. The first-order valence-electron chi connectivity index (χ1n) is 2.21. The fourth-order valence-electron chi connectivity index (χ4n) is 0.442. The van der Waals surface area contributed by atoms with Crippen LogP contribution in [0.4, 0.5) is 0 Å². The molecule has 0 saturated carbocycles. The predicted molar refractivity (Wildman–Crippen MR) is 31.8 cm³/mol. The number of hydrogen-bond acceptors (Lipinski definition) is 2. The molecule has 9 heavy (non-hydrogen) atoms. The Hall–Kier alpha value is -0.810. The van der Waals surface area contributed by atoms with Gasteiger partial charge in [-0.15, -0.1) is 0 Å². The van der Waals surface area contributed by atoms with Crippen molar-refractivity contribution < 1.29 is 13.0 Å². The predicted octanol–water partition coefficient (Wildman–Crippen LogP) is 0.0534. The van der Waals surface area contributed by atoms with Crippen molar-refractivity contribution >= 4 is 11.4 Å². The van der Waals surface area contributed by atoms with Crippen LogP contribution < -0.4 is 4.28 Å². The monoisotopic (exact) mass is 147 g/mol. The summed E-state index contributed by atoms with van der Waals surface area (Å²) >= 11 is -2.23. The van der Waals surface area contributed by atoms with Crippen molar-refractivity contribution in [3.05, 3.63) is 24.5 Å². The fraction of sp³-hybridized carbons (Fsp3) is 0. The molecule has 50 valence electrons. The average molecular weight is 147 g/mol. The minimum Gasteiger partial charge on any atom is -0.286 e. The Balaban J connectivity index is 2.58. The van der Waals surface area contributed by atoms with Crippen molar-refractivity contribution in [3.63, 3.8) is 0 Å². The smallest absolute Gasteiger partial charge is 0.286 e. The van der Waals surface area contributed by atoms with Crippen molar-refractivity contribution in [2.75, 3.05) is 0 Å². The van der Waals surface area contributed by atoms with Crippen molar-refractivity contribution in [1.82, 2.24) is 4.73 Å². The number of rotatable bonds is 2. The number of nitrogens with zero attached hydrogens (tertiary/aromatic N) is 1. The second-order valence-electron chi connectivity index (χ2n) is 1.33. The summed E-state index contributed by atoms with van der Waals surface area (Å²) in [5, 5.41) is 0. The molecule has 1 unspecified atom stereocenters. The molecule has 1 N–H and O–H groups in total. The first-order chi connectivity index (χ1) is 4.29. The summed E-state index contributed by atoms with van der Waals surface area (Å²) in [5.74, 6) is 0. The molecule has 1 rings (SSSR count). The van der Waals surface area contributed by atoms with Gasteiger partial charge in [0.05, 0.1) is 0 Å². The highest BCUT2D eigenvalue weighted by atomic mass is 32.2. The zero-order valence-electron chi connectivity index (χ0n) is 4.43. The summed E-state index contributed by atoms with van der Waals surface area (Å²) in [6.07, 6.45) is 3.04. The summed E-state index contributed by atoms with van der Waals surface area (Å²) < 4.78 is 23.5. The fourth-order valence-corrected chi connectivity index (χ4v) is 0.689. The molecule has 0 aliphatic heterocycles. The Morgan fingerprint density at radius 3 is 2.44 bits per heavy atom. The molecule has 1 heterocycles. The van der Waals surface area contributed by atoms with E-state index >= 15 is 0 Å². The maximum Gasteiger partial charge on any atom is 0.377 e. The van der Waals surface area contributed by atoms with Crippen LogP contribution in [0.3, 0.4) is 0 Å². The molecule has 5 heteroatoms. The Kier molecular flexibility index (Phi) is 1.86. The minimum atomic E-state index is -2.23. The Morgan fingerprint density at radius 2 is 2.00 bits per heavy atom. The summed E-state index contributed by atoms with van der Waals surface area (Å²) in [4.78, 5) is 0. The number of aromatic nitrogens is 1. The highest BCUT2D eigenvalue weighted by Gasteiger charge is 1.91. The van der Waals surface area contributed by atoms with E-state index in [0.717, 1.165) is 4.73 Å². The van der Waals surface area contributed by atoms with E-state index in [4.69, 9.17) is 4.55 Å². The van der Waals surface area contributed by atoms with Crippen LogP contribution in [0.15, 0.2) is 24.5 Å². The average Bonchev–Trinajstić information content (AvgIpc) is 2.15. The highest BCUT2D eigenvalue weighted by molar-refractivity contribution is 7.74. The molecule has 0 amide bonds. The van der Waals surface area contributed by atoms with Crippen LogP contribution in [0.1, 0.15) is 0 Å². The Morgan fingerprint density at radius 1 is 1.44 bits per heavy atom. The van der Waals surface area contributed by atoms with Gasteiger partial charge in [-0.05, 0) is 12.1 Å². The van der Waals surface area contributed by atoms with Crippen molar-refractivity contribution in [1.29, 1.82) is 0 Å². The van der Waals surface area contributed by atoms with Gasteiger partial charge in [0.15, 0.2) is 0 Å². The van der Waals surface area contributed by atoms with Crippen LogP contribution in [-0.4, -0.2) is 13.5 Å². The molecule has 0 fully saturated rings. The SMILES string of the molecule is O=S(O)On1cccc1. The molecule has 0 radical (unpaired) electrons. The molecule has 0 bridgehead atoms. The Labute approximate surface area is 54.5 Å². The zero-order chi connectivity index (χ0) is 6.69. The van der Waals surface area contributed by atoms with Gasteiger partial charge in [-0.1, -0.05) is 0 Å². The largest absolute Gasteiger partial charge is 0.377 e. The van der Waals surface area contributed by atoms with Crippen molar-refractivity contribution in [3.8, 4) is 0 Å². The lowest BCUT2D eigenvalue weighted by Gasteiger charge is -1.95. The maximum absolute atomic E-state index is 9.93. The van der Waals surface area contributed by atoms with Crippen molar-refractivity contribution in [2.24, 2.45) is 0 Å². The molecule has 1 atom stereocenters. The van der Waals surface area contributed by atoms with Gasteiger partial charge in [0.1, 0.15) is 0 Å². The molecule has 0 aliphatic rings. The standard InChI is InChI=1S/C4H5NO3S/c6-9(7)8-5-3-1-2-4-5/h1-4H,(H,6,7). The summed E-state index contributed by atoms with van der Waals surface area (Å²) in [6.45, 7) is 0. The van der Waals surface area contributed by atoms with E-state index in [0.29, 0.717) is 0 Å². The lowest BCUT2D eigenvalue weighted by atomic mass is 10.7. The third kappa shape index (κ3) is 1.87. The summed E-state index contributed by atoms with van der Waals surface area (Å²) in [5.41, 5.74) is 0. The molecule has 4 nitrogen and oxygen atoms in total. The van der Waals surface area contributed by atoms with Crippen LogP contribution in [0.25, 0.3) is 0 Å². The van der Waals surface area contributed by atoms with Gasteiger partial charge in [0, 0.05) is 12.4 Å². The molecule has 0 saturated heterocycles. The van der Waals surface area contributed by atoms with E-state index < -0.39 is 11.4 Å². The van der Waals surface area contributed by atoms with Gasteiger partial charge >= 0.3 is 11.4 Å². The number of hydrogen-bond donors (Lipinski definition) is 1. The summed E-state index contributed by atoms with van der Waals surface area (Å²) in [6, 6.07) is 3.37. The van der Waals surface area contributed by atoms with Gasteiger partial charge in [0.2, 0.25) is 0 Å². The van der Waals surface area contributed by atoms with Crippen LogP contribution in [-0.2, 0) is 11.4 Å². The third-order valence-corrected chi connectivity index (χ3v) is 1.03. The molecule has 1 aromatic heterocycles. The van der Waals surface area contributed by atoms with Crippen LogP contribution >= 0.6 is 0 Å².